The van der Waals surface area contributed by atoms with E-state index in [0.29, 0.717) is 0 Å². The average Bonchev–Trinajstić information content (AvgIpc) is 2.37. The van der Waals surface area contributed by atoms with E-state index in [4.69, 9.17) is 0 Å². The van der Waals surface area contributed by atoms with E-state index in [1.807, 2.05) is 0 Å². The van der Waals surface area contributed by atoms with Gasteiger partial charge in [0.05, 0.1) is 13.1 Å². The lowest BCUT2D eigenvalue weighted by Gasteiger charge is -1.98. The van der Waals surface area contributed by atoms with E-state index in [9.17, 15) is 0 Å². The summed E-state index contributed by atoms with van der Waals surface area (Å²) in [5.41, 5.74) is 0. The van der Waals surface area contributed by atoms with Gasteiger partial charge in [-0.25, -0.2) is 0 Å². The number of nitrogens with zero attached hydrogens (tertiary/aromatic N) is 2. The van der Waals surface area contributed by atoms with Crippen molar-refractivity contribution in [3.63, 3.8) is 0 Å². The van der Waals surface area contributed by atoms with Gasteiger partial charge in [-0.1, -0.05) is 6.92 Å². The van der Waals surface area contributed by atoms with E-state index < -0.39 is 0 Å². The maximum absolute atomic E-state index is 2.39. The van der Waals surface area contributed by atoms with Crippen molar-refractivity contribution < 1.29 is 4.58 Å². The quantitative estimate of drug-likeness (QED) is 0.526. The molecule has 0 saturated heterocycles. The normalized spacial score (nSPS) is 17.8. The van der Waals surface area contributed by atoms with Crippen LogP contribution >= 0.6 is 0 Å². The van der Waals surface area contributed by atoms with Crippen molar-refractivity contribution in [1.82, 2.24) is 4.90 Å². The molecule has 0 bridgehead atoms. The van der Waals surface area contributed by atoms with E-state index in [1.165, 1.54) is 26.1 Å². The van der Waals surface area contributed by atoms with Gasteiger partial charge in [-0.2, -0.15) is 0 Å². The van der Waals surface area contributed by atoms with Crippen LogP contribution in [-0.4, -0.2) is 42.0 Å². The topological polar surface area (TPSA) is 6.25 Å². The first-order valence-electron chi connectivity index (χ1n) is 4.20. The van der Waals surface area contributed by atoms with Gasteiger partial charge in [0.2, 0.25) is 6.34 Å². The first-order valence-corrected chi connectivity index (χ1v) is 4.20. The molecule has 1 aliphatic rings. The second-order valence-electron chi connectivity index (χ2n) is 2.78. The third-order valence-electron chi connectivity index (χ3n) is 1.92. The molecule has 0 N–H and O–H groups in total. The lowest BCUT2D eigenvalue weighted by molar-refractivity contribution is -0.513. The monoisotopic (exact) mass is 141 g/mol. The number of rotatable bonds is 3. The minimum absolute atomic E-state index is 1.15. The van der Waals surface area contributed by atoms with Crippen LogP contribution in [0.4, 0.5) is 0 Å². The van der Waals surface area contributed by atoms with Gasteiger partial charge in [0.1, 0.15) is 13.1 Å². The third-order valence-corrected chi connectivity index (χ3v) is 1.92. The number of likely N-dealkylation sites (N-methyl/N-ethyl adjacent to an activating group) is 1. The Balaban J connectivity index is 2.33. The molecule has 0 atom stereocenters. The fraction of sp³-hybridized carbons (Fsp3) is 0.875. The van der Waals surface area contributed by atoms with E-state index in [-0.39, 0.29) is 0 Å². The molecule has 0 aromatic rings. The highest BCUT2D eigenvalue weighted by molar-refractivity contribution is 5.50. The summed E-state index contributed by atoms with van der Waals surface area (Å²) in [4.78, 5) is 2.36. The SMILES string of the molecule is CCC[N+]1=CN(CC)CC1. The van der Waals surface area contributed by atoms with Crippen molar-refractivity contribution in [1.29, 1.82) is 0 Å². The van der Waals surface area contributed by atoms with Crippen LogP contribution in [0.5, 0.6) is 0 Å². The molecule has 0 radical (unpaired) electrons. The summed E-state index contributed by atoms with van der Waals surface area (Å²) >= 11 is 0. The van der Waals surface area contributed by atoms with Crippen LogP contribution in [0.2, 0.25) is 0 Å². The standard InChI is InChI=1S/C8H17N2/c1-3-5-10-7-6-9(4-2)8-10/h8H,3-7H2,1-2H3/q+1. The van der Waals surface area contributed by atoms with Crippen molar-refractivity contribution in [3.8, 4) is 0 Å². The second-order valence-corrected chi connectivity index (χ2v) is 2.78. The van der Waals surface area contributed by atoms with Gasteiger partial charge in [-0.15, -0.1) is 0 Å². The van der Waals surface area contributed by atoms with Gasteiger partial charge in [-0.3, -0.25) is 9.48 Å². The lowest BCUT2D eigenvalue weighted by Crippen LogP contribution is -2.18. The fourth-order valence-electron chi connectivity index (χ4n) is 1.30. The molecule has 58 valence electrons. The molecule has 1 aliphatic heterocycles. The average molecular weight is 141 g/mol. The number of hydrogen-bond acceptors (Lipinski definition) is 1. The molecule has 1 heterocycles. The molecule has 0 aliphatic carbocycles. The van der Waals surface area contributed by atoms with Gasteiger partial charge in [0.25, 0.3) is 0 Å². The van der Waals surface area contributed by atoms with Crippen molar-refractivity contribution in [3.05, 3.63) is 0 Å². The van der Waals surface area contributed by atoms with Gasteiger partial charge in [-0.05, 0) is 13.3 Å². The minimum atomic E-state index is 1.15. The Kier molecular flexibility index (Phi) is 2.72. The first kappa shape index (κ1) is 7.58. The molecule has 0 spiro atoms. The zero-order valence-corrected chi connectivity index (χ0v) is 7.01. The predicted molar refractivity (Wildman–Crippen MR) is 43.6 cm³/mol. The van der Waals surface area contributed by atoms with Crippen LogP contribution in [0.25, 0.3) is 0 Å². The van der Waals surface area contributed by atoms with E-state index in [0.717, 1.165) is 6.54 Å². The maximum Gasteiger partial charge on any atom is 0.234 e. The molecular formula is C8H17N2+. The fourth-order valence-corrected chi connectivity index (χ4v) is 1.30. The van der Waals surface area contributed by atoms with E-state index in [2.05, 4.69) is 29.7 Å². The van der Waals surface area contributed by atoms with Crippen LogP contribution in [0, 0.1) is 0 Å². The molecule has 0 amide bonds. The van der Waals surface area contributed by atoms with Crippen molar-refractivity contribution in [2.75, 3.05) is 26.2 Å². The summed E-state index contributed by atoms with van der Waals surface area (Å²) < 4.78 is 2.39. The van der Waals surface area contributed by atoms with Crippen molar-refractivity contribution >= 4 is 6.34 Å². The summed E-state index contributed by atoms with van der Waals surface area (Å²) in [6.45, 7) is 9.24. The molecule has 0 aromatic carbocycles. The maximum atomic E-state index is 2.39. The summed E-state index contributed by atoms with van der Waals surface area (Å²) in [6, 6.07) is 0. The highest BCUT2D eigenvalue weighted by Crippen LogP contribution is 1.93. The molecule has 10 heavy (non-hydrogen) atoms. The first-order chi connectivity index (χ1) is 4.86. The van der Waals surface area contributed by atoms with Gasteiger partial charge >= 0.3 is 0 Å². The Labute approximate surface area is 63.2 Å². The molecule has 0 aromatic heterocycles. The predicted octanol–water partition coefficient (Wildman–Crippen LogP) is 0.773. The van der Waals surface area contributed by atoms with Crippen molar-refractivity contribution in [2.45, 2.75) is 20.3 Å². The van der Waals surface area contributed by atoms with Crippen LogP contribution in [0.3, 0.4) is 0 Å². The number of hydrogen-bond donors (Lipinski definition) is 0. The smallest absolute Gasteiger partial charge is 0.234 e. The Morgan fingerprint density at radius 3 is 2.80 bits per heavy atom. The largest absolute Gasteiger partial charge is 0.265 e. The highest BCUT2D eigenvalue weighted by Gasteiger charge is 2.15. The minimum Gasteiger partial charge on any atom is -0.265 e. The zero-order chi connectivity index (χ0) is 7.40. The van der Waals surface area contributed by atoms with Crippen LogP contribution < -0.4 is 0 Å². The molecule has 2 heteroatoms. The molecule has 0 fully saturated rings. The molecular weight excluding hydrogens is 124 g/mol. The van der Waals surface area contributed by atoms with Gasteiger partial charge < -0.3 is 0 Å². The second kappa shape index (κ2) is 3.59. The van der Waals surface area contributed by atoms with E-state index >= 15 is 0 Å². The summed E-state index contributed by atoms with van der Waals surface area (Å²) in [5, 5.41) is 0. The van der Waals surface area contributed by atoms with Gasteiger partial charge in [0, 0.05) is 0 Å². The summed E-state index contributed by atoms with van der Waals surface area (Å²) in [5.74, 6) is 0. The molecule has 0 unspecified atom stereocenters. The summed E-state index contributed by atoms with van der Waals surface area (Å²) in [6.07, 6.45) is 3.51. The lowest BCUT2D eigenvalue weighted by atomic mass is 10.4. The van der Waals surface area contributed by atoms with Crippen molar-refractivity contribution in [2.24, 2.45) is 0 Å². The third kappa shape index (κ3) is 1.72. The zero-order valence-electron chi connectivity index (χ0n) is 7.01. The molecule has 1 rings (SSSR count). The van der Waals surface area contributed by atoms with Crippen LogP contribution in [-0.2, 0) is 0 Å². The Morgan fingerprint density at radius 1 is 1.50 bits per heavy atom. The van der Waals surface area contributed by atoms with Gasteiger partial charge in [0.15, 0.2) is 0 Å². The molecule has 2 nitrogen and oxygen atoms in total. The Bertz CT molecular complexity index is 129. The Morgan fingerprint density at radius 2 is 2.30 bits per heavy atom. The Hall–Kier alpha value is -0.530. The summed E-state index contributed by atoms with van der Waals surface area (Å²) in [7, 11) is 0. The molecule has 0 saturated carbocycles. The van der Waals surface area contributed by atoms with Crippen LogP contribution in [0.15, 0.2) is 0 Å². The highest BCUT2D eigenvalue weighted by atomic mass is 15.3. The van der Waals surface area contributed by atoms with Crippen LogP contribution in [0.1, 0.15) is 20.3 Å². The van der Waals surface area contributed by atoms with E-state index in [1.54, 1.807) is 0 Å².